The molecule has 0 bridgehead atoms. The lowest BCUT2D eigenvalue weighted by atomic mass is 10.1. The van der Waals surface area contributed by atoms with E-state index in [1.807, 2.05) is 62.4 Å². The molecule has 23 heavy (non-hydrogen) atoms. The Balaban J connectivity index is 1.96. The molecule has 2 aromatic rings. The Labute approximate surface area is 137 Å². The zero-order chi connectivity index (χ0) is 16.5. The molecule has 0 spiro atoms. The predicted molar refractivity (Wildman–Crippen MR) is 90.8 cm³/mol. The van der Waals surface area contributed by atoms with Crippen molar-refractivity contribution in [3.05, 3.63) is 59.7 Å². The van der Waals surface area contributed by atoms with E-state index in [1.165, 1.54) is 0 Å². The molecule has 0 atom stereocenters. The highest BCUT2D eigenvalue weighted by molar-refractivity contribution is 5.78. The second kappa shape index (κ2) is 8.83. The normalized spacial score (nSPS) is 10.2. The van der Waals surface area contributed by atoms with Crippen LogP contribution >= 0.6 is 0 Å². The Morgan fingerprint density at radius 2 is 1.61 bits per heavy atom. The summed E-state index contributed by atoms with van der Waals surface area (Å²) in [6.07, 6.45) is 0.319. The standard InChI is InChI=1S/C19H23NO3/c1-3-22-17-11-10-16(12-18(17)23-4-2)13-19(21)20-14-15-8-6-5-7-9-15/h5-12H,3-4,13-14H2,1-2H3,(H,20,21). The SMILES string of the molecule is CCOc1ccc(CC(=O)NCc2ccccc2)cc1OCC. The van der Waals surface area contributed by atoms with Crippen molar-refractivity contribution in [1.29, 1.82) is 0 Å². The van der Waals surface area contributed by atoms with Crippen molar-refractivity contribution in [1.82, 2.24) is 5.32 Å². The van der Waals surface area contributed by atoms with Gasteiger partial charge in [-0.25, -0.2) is 0 Å². The molecule has 0 saturated carbocycles. The fourth-order valence-electron chi connectivity index (χ4n) is 2.25. The molecule has 122 valence electrons. The molecule has 1 amide bonds. The molecule has 0 radical (unpaired) electrons. The lowest BCUT2D eigenvalue weighted by molar-refractivity contribution is -0.120. The summed E-state index contributed by atoms with van der Waals surface area (Å²) in [4.78, 5) is 12.1. The summed E-state index contributed by atoms with van der Waals surface area (Å²) in [5.74, 6) is 1.38. The molecule has 0 heterocycles. The Kier molecular flexibility index (Phi) is 6.48. The highest BCUT2D eigenvalue weighted by Gasteiger charge is 2.09. The summed E-state index contributed by atoms with van der Waals surface area (Å²) in [5, 5.41) is 2.93. The van der Waals surface area contributed by atoms with Gasteiger partial charge in [0, 0.05) is 6.54 Å². The number of hydrogen-bond acceptors (Lipinski definition) is 3. The Morgan fingerprint density at radius 1 is 0.913 bits per heavy atom. The number of hydrogen-bond donors (Lipinski definition) is 1. The maximum absolute atomic E-state index is 12.1. The van der Waals surface area contributed by atoms with Crippen molar-refractivity contribution in [2.45, 2.75) is 26.8 Å². The maximum Gasteiger partial charge on any atom is 0.224 e. The third-order valence-electron chi connectivity index (χ3n) is 3.30. The molecular formula is C19H23NO3. The molecule has 4 nitrogen and oxygen atoms in total. The largest absolute Gasteiger partial charge is 0.490 e. The zero-order valence-corrected chi connectivity index (χ0v) is 13.7. The predicted octanol–water partition coefficient (Wildman–Crippen LogP) is 3.34. The third-order valence-corrected chi connectivity index (χ3v) is 3.30. The van der Waals surface area contributed by atoms with Crippen LogP contribution in [0.15, 0.2) is 48.5 Å². The van der Waals surface area contributed by atoms with Gasteiger partial charge in [-0.2, -0.15) is 0 Å². The van der Waals surface area contributed by atoms with E-state index in [4.69, 9.17) is 9.47 Å². The summed E-state index contributed by atoms with van der Waals surface area (Å²) >= 11 is 0. The zero-order valence-electron chi connectivity index (χ0n) is 13.7. The van der Waals surface area contributed by atoms with Crippen LogP contribution in [-0.4, -0.2) is 19.1 Å². The molecule has 0 aromatic heterocycles. The molecular weight excluding hydrogens is 290 g/mol. The van der Waals surface area contributed by atoms with Crippen LogP contribution in [0.2, 0.25) is 0 Å². The molecule has 0 aliphatic rings. The van der Waals surface area contributed by atoms with Gasteiger partial charge in [0.25, 0.3) is 0 Å². The molecule has 0 unspecified atom stereocenters. The van der Waals surface area contributed by atoms with E-state index in [-0.39, 0.29) is 5.91 Å². The van der Waals surface area contributed by atoms with Crippen molar-refractivity contribution < 1.29 is 14.3 Å². The topological polar surface area (TPSA) is 47.6 Å². The minimum Gasteiger partial charge on any atom is -0.490 e. The first-order valence-corrected chi connectivity index (χ1v) is 7.92. The van der Waals surface area contributed by atoms with Gasteiger partial charge in [-0.05, 0) is 37.1 Å². The van der Waals surface area contributed by atoms with Gasteiger partial charge >= 0.3 is 0 Å². The fourth-order valence-corrected chi connectivity index (χ4v) is 2.25. The van der Waals surface area contributed by atoms with E-state index in [1.54, 1.807) is 0 Å². The van der Waals surface area contributed by atoms with Gasteiger partial charge in [0.2, 0.25) is 5.91 Å². The second-order valence-electron chi connectivity index (χ2n) is 5.09. The second-order valence-corrected chi connectivity index (χ2v) is 5.09. The van der Waals surface area contributed by atoms with E-state index in [0.717, 1.165) is 11.1 Å². The van der Waals surface area contributed by atoms with Gasteiger partial charge in [-0.3, -0.25) is 4.79 Å². The third kappa shape index (κ3) is 5.33. The van der Waals surface area contributed by atoms with Crippen LogP contribution < -0.4 is 14.8 Å². The molecule has 0 aliphatic carbocycles. The minimum atomic E-state index is -0.0135. The van der Waals surface area contributed by atoms with Crippen molar-refractivity contribution in [3.8, 4) is 11.5 Å². The van der Waals surface area contributed by atoms with Gasteiger partial charge in [0.15, 0.2) is 11.5 Å². The van der Waals surface area contributed by atoms with E-state index >= 15 is 0 Å². The Bertz CT molecular complexity index is 626. The molecule has 0 fully saturated rings. The van der Waals surface area contributed by atoms with Crippen LogP contribution in [0, 0.1) is 0 Å². The first-order valence-electron chi connectivity index (χ1n) is 7.92. The van der Waals surface area contributed by atoms with Gasteiger partial charge in [0.05, 0.1) is 19.6 Å². The van der Waals surface area contributed by atoms with E-state index < -0.39 is 0 Å². The molecule has 4 heteroatoms. The fraction of sp³-hybridized carbons (Fsp3) is 0.316. The van der Waals surface area contributed by atoms with Gasteiger partial charge in [-0.15, -0.1) is 0 Å². The highest BCUT2D eigenvalue weighted by Crippen LogP contribution is 2.28. The number of benzene rings is 2. The molecule has 0 aliphatic heterocycles. The average Bonchev–Trinajstić information content (AvgIpc) is 2.57. The molecule has 2 aromatic carbocycles. The van der Waals surface area contributed by atoms with Crippen LogP contribution in [0.3, 0.4) is 0 Å². The van der Waals surface area contributed by atoms with E-state index in [0.29, 0.717) is 37.7 Å². The maximum atomic E-state index is 12.1. The van der Waals surface area contributed by atoms with E-state index in [9.17, 15) is 4.79 Å². The number of ether oxygens (including phenoxy) is 2. The summed E-state index contributed by atoms with van der Waals surface area (Å²) in [7, 11) is 0. The number of rotatable bonds is 8. The summed E-state index contributed by atoms with van der Waals surface area (Å²) in [6, 6.07) is 15.5. The molecule has 0 saturated heterocycles. The van der Waals surface area contributed by atoms with Crippen molar-refractivity contribution in [3.63, 3.8) is 0 Å². The lowest BCUT2D eigenvalue weighted by Crippen LogP contribution is -2.24. The van der Waals surface area contributed by atoms with Crippen molar-refractivity contribution in [2.24, 2.45) is 0 Å². The van der Waals surface area contributed by atoms with Crippen molar-refractivity contribution in [2.75, 3.05) is 13.2 Å². The van der Waals surface area contributed by atoms with Gasteiger partial charge in [-0.1, -0.05) is 36.4 Å². The number of amides is 1. The molecule has 1 N–H and O–H groups in total. The van der Waals surface area contributed by atoms with Gasteiger partial charge in [0.1, 0.15) is 0 Å². The summed E-state index contributed by atoms with van der Waals surface area (Å²) < 4.78 is 11.1. The number of carbonyl (C=O) groups is 1. The Hall–Kier alpha value is -2.49. The molecule has 2 rings (SSSR count). The van der Waals surface area contributed by atoms with Crippen molar-refractivity contribution >= 4 is 5.91 Å². The van der Waals surface area contributed by atoms with Crippen LogP contribution in [0.1, 0.15) is 25.0 Å². The number of nitrogens with one attached hydrogen (secondary N) is 1. The smallest absolute Gasteiger partial charge is 0.224 e. The van der Waals surface area contributed by atoms with Crippen LogP contribution in [-0.2, 0) is 17.8 Å². The van der Waals surface area contributed by atoms with Gasteiger partial charge < -0.3 is 14.8 Å². The first kappa shape index (κ1) is 16.9. The lowest BCUT2D eigenvalue weighted by Gasteiger charge is -2.12. The quantitative estimate of drug-likeness (QED) is 0.813. The van der Waals surface area contributed by atoms with Crippen LogP contribution in [0.25, 0.3) is 0 Å². The first-order chi connectivity index (χ1) is 11.2. The summed E-state index contributed by atoms with van der Waals surface area (Å²) in [5.41, 5.74) is 1.99. The van der Waals surface area contributed by atoms with Crippen LogP contribution in [0.5, 0.6) is 11.5 Å². The van der Waals surface area contributed by atoms with Crippen LogP contribution in [0.4, 0.5) is 0 Å². The number of carbonyl (C=O) groups excluding carboxylic acids is 1. The summed E-state index contributed by atoms with van der Waals surface area (Å²) in [6.45, 7) is 5.53. The monoisotopic (exact) mass is 313 g/mol. The highest BCUT2D eigenvalue weighted by atomic mass is 16.5. The Morgan fingerprint density at radius 3 is 2.30 bits per heavy atom. The van der Waals surface area contributed by atoms with E-state index in [2.05, 4.69) is 5.32 Å². The minimum absolute atomic E-state index is 0.0135. The average molecular weight is 313 g/mol.